The Balaban J connectivity index is 2.55. The van der Waals surface area contributed by atoms with Crippen LogP contribution in [0.4, 0.5) is 5.69 Å². The fourth-order valence-electron chi connectivity index (χ4n) is 2.12. The van der Waals surface area contributed by atoms with Crippen LogP contribution in [-0.4, -0.2) is 49.4 Å². The average molecular weight is 343 g/mol. The molecule has 128 valence electrons. The van der Waals surface area contributed by atoms with Crippen molar-refractivity contribution < 1.29 is 18.1 Å². The van der Waals surface area contributed by atoms with Gasteiger partial charge in [-0.1, -0.05) is 6.92 Å². The van der Waals surface area contributed by atoms with Crippen LogP contribution in [0, 0.1) is 17.0 Å². The molecule has 0 aliphatic carbocycles. The Kier molecular flexibility index (Phi) is 6.64. The van der Waals surface area contributed by atoms with E-state index in [0.717, 1.165) is 6.26 Å². The topological polar surface area (TPSA) is 110 Å². The molecule has 0 saturated carbocycles. The quantitative estimate of drug-likeness (QED) is 0.435. The van der Waals surface area contributed by atoms with Crippen molar-refractivity contribution in [2.75, 3.05) is 25.9 Å². The van der Waals surface area contributed by atoms with E-state index in [1.165, 1.54) is 22.5 Å². The van der Waals surface area contributed by atoms with E-state index in [4.69, 9.17) is 0 Å². The summed E-state index contributed by atoms with van der Waals surface area (Å²) in [6, 6.07) is 4.16. The number of aryl methyl sites for hydroxylation is 1. The molecule has 1 aromatic carbocycles. The number of nitro groups is 1. The minimum absolute atomic E-state index is 0.0340. The molecule has 0 atom stereocenters. The van der Waals surface area contributed by atoms with Gasteiger partial charge in [0.15, 0.2) is 0 Å². The van der Waals surface area contributed by atoms with Crippen molar-refractivity contribution in [3.63, 3.8) is 0 Å². The highest BCUT2D eigenvalue weighted by Gasteiger charge is 2.15. The molecule has 8 nitrogen and oxygen atoms in total. The monoisotopic (exact) mass is 343 g/mol. The molecule has 0 heterocycles. The first kappa shape index (κ1) is 19.0. The van der Waals surface area contributed by atoms with Crippen LogP contribution in [-0.2, 0) is 10.0 Å². The number of benzene rings is 1. The smallest absolute Gasteiger partial charge is 0.272 e. The summed E-state index contributed by atoms with van der Waals surface area (Å²) in [5.74, 6) is -0.342. The van der Waals surface area contributed by atoms with Crippen LogP contribution in [0.15, 0.2) is 18.2 Å². The Morgan fingerprint density at radius 3 is 2.52 bits per heavy atom. The number of nitrogens with one attached hydrogen (secondary N) is 1. The molecule has 1 N–H and O–H groups in total. The highest BCUT2D eigenvalue weighted by atomic mass is 32.2. The highest BCUT2D eigenvalue weighted by molar-refractivity contribution is 7.88. The summed E-state index contributed by atoms with van der Waals surface area (Å²) in [6.07, 6.45) is 1.63. The zero-order valence-electron chi connectivity index (χ0n) is 13.4. The van der Waals surface area contributed by atoms with Gasteiger partial charge in [0.05, 0.1) is 11.2 Å². The highest BCUT2D eigenvalue weighted by Crippen LogP contribution is 2.18. The predicted octanol–water partition coefficient (Wildman–Crippen LogP) is 1.30. The Hall–Kier alpha value is -2.00. The number of sulfonamides is 1. The van der Waals surface area contributed by atoms with Gasteiger partial charge in [0.1, 0.15) is 0 Å². The summed E-state index contributed by atoms with van der Waals surface area (Å²) in [4.78, 5) is 22.2. The van der Waals surface area contributed by atoms with Crippen LogP contribution in [0.3, 0.4) is 0 Å². The number of nitrogens with zero attached hydrogens (tertiary/aromatic N) is 2. The summed E-state index contributed by atoms with van der Waals surface area (Å²) in [5.41, 5.74) is 0.716. The molecule has 9 heteroatoms. The van der Waals surface area contributed by atoms with Gasteiger partial charge in [-0.15, -0.1) is 0 Å². The lowest BCUT2D eigenvalue weighted by Crippen LogP contribution is -2.33. The molecule has 0 aromatic heterocycles. The maximum Gasteiger partial charge on any atom is 0.272 e. The van der Waals surface area contributed by atoms with Gasteiger partial charge in [-0.25, -0.2) is 12.7 Å². The Morgan fingerprint density at radius 2 is 2.04 bits per heavy atom. The third-order valence-corrected chi connectivity index (χ3v) is 4.73. The molecule has 1 amide bonds. The fourth-order valence-corrected chi connectivity index (χ4v) is 3.05. The average Bonchev–Trinajstić information content (AvgIpc) is 2.45. The first-order valence-electron chi connectivity index (χ1n) is 7.15. The van der Waals surface area contributed by atoms with Gasteiger partial charge in [0, 0.05) is 36.8 Å². The maximum absolute atomic E-state index is 12.0. The molecule has 1 rings (SSSR count). The van der Waals surface area contributed by atoms with Crippen molar-refractivity contribution >= 4 is 21.6 Å². The summed E-state index contributed by atoms with van der Waals surface area (Å²) in [7, 11) is -3.23. The molecule has 0 spiro atoms. The standard InChI is InChI=1S/C14H21N3O5S/c1-4-16(23(3,21)22)9-5-8-15-14(18)12-6-7-13(17(19)20)11(2)10-12/h6-7,10H,4-5,8-9H2,1-3H3,(H,15,18). The maximum atomic E-state index is 12.0. The lowest BCUT2D eigenvalue weighted by molar-refractivity contribution is -0.385. The van der Waals surface area contributed by atoms with Crippen LogP contribution in [0.5, 0.6) is 0 Å². The van der Waals surface area contributed by atoms with E-state index in [1.54, 1.807) is 13.8 Å². The molecule has 0 aliphatic rings. The van der Waals surface area contributed by atoms with Crippen molar-refractivity contribution in [3.8, 4) is 0 Å². The summed E-state index contributed by atoms with van der Waals surface area (Å²) < 4.78 is 24.2. The Bertz CT molecular complexity index is 688. The Morgan fingerprint density at radius 1 is 1.39 bits per heavy atom. The van der Waals surface area contributed by atoms with E-state index in [1.807, 2.05) is 0 Å². The SMILES string of the molecule is CCN(CCCNC(=O)c1ccc([N+](=O)[O-])c(C)c1)S(C)(=O)=O. The number of hydrogen-bond donors (Lipinski definition) is 1. The van der Waals surface area contributed by atoms with Gasteiger partial charge in [-0.3, -0.25) is 14.9 Å². The van der Waals surface area contributed by atoms with Gasteiger partial charge < -0.3 is 5.32 Å². The van der Waals surface area contributed by atoms with Crippen LogP contribution in [0.25, 0.3) is 0 Å². The van der Waals surface area contributed by atoms with Crippen LogP contribution in [0.1, 0.15) is 29.3 Å². The molecule has 0 aliphatic heterocycles. The second-order valence-corrected chi connectivity index (χ2v) is 7.10. The number of rotatable bonds is 8. The van der Waals surface area contributed by atoms with Gasteiger partial charge in [0.25, 0.3) is 11.6 Å². The largest absolute Gasteiger partial charge is 0.352 e. The van der Waals surface area contributed by atoms with Crippen LogP contribution < -0.4 is 5.32 Å². The first-order valence-corrected chi connectivity index (χ1v) is 9.00. The van der Waals surface area contributed by atoms with E-state index in [0.29, 0.717) is 37.2 Å². The van der Waals surface area contributed by atoms with E-state index in [2.05, 4.69) is 5.32 Å². The van der Waals surface area contributed by atoms with Crippen molar-refractivity contribution in [2.45, 2.75) is 20.3 Å². The third-order valence-electron chi connectivity index (χ3n) is 3.35. The van der Waals surface area contributed by atoms with Gasteiger partial charge >= 0.3 is 0 Å². The number of hydrogen-bond acceptors (Lipinski definition) is 5. The number of carbonyl (C=O) groups is 1. The molecular formula is C14H21N3O5S. The second kappa shape index (κ2) is 8.02. The molecule has 0 fully saturated rings. The fraction of sp³-hybridized carbons (Fsp3) is 0.500. The zero-order chi connectivity index (χ0) is 17.6. The molecule has 0 saturated heterocycles. The number of amides is 1. The summed E-state index contributed by atoms with van der Waals surface area (Å²) in [5, 5.41) is 13.4. The van der Waals surface area contributed by atoms with E-state index in [-0.39, 0.29) is 11.6 Å². The first-order chi connectivity index (χ1) is 10.7. The number of carbonyl (C=O) groups excluding carboxylic acids is 1. The number of nitro benzene ring substituents is 1. The molecule has 23 heavy (non-hydrogen) atoms. The summed E-state index contributed by atoms with van der Waals surface area (Å²) in [6.45, 7) is 4.35. The van der Waals surface area contributed by atoms with Crippen molar-refractivity contribution in [2.24, 2.45) is 0 Å². The van der Waals surface area contributed by atoms with E-state index >= 15 is 0 Å². The third kappa shape index (κ3) is 5.61. The molecule has 1 aromatic rings. The second-order valence-electron chi connectivity index (χ2n) is 5.12. The Labute approximate surface area is 135 Å². The normalized spacial score (nSPS) is 11.5. The van der Waals surface area contributed by atoms with E-state index in [9.17, 15) is 23.3 Å². The molecule has 0 radical (unpaired) electrons. The minimum Gasteiger partial charge on any atom is -0.352 e. The predicted molar refractivity (Wildman–Crippen MR) is 86.9 cm³/mol. The van der Waals surface area contributed by atoms with Crippen molar-refractivity contribution in [1.29, 1.82) is 0 Å². The van der Waals surface area contributed by atoms with Gasteiger partial charge in [0.2, 0.25) is 10.0 Å². The van der Waals surface area contributed by atoms with Gasteiger partial charge in [-0.05, 0) is 25.5 Å². The minimum atomic E-state index is -3.23. The van der Waals surface area contributed by atoms with Crippen molar-refractivity contribution in [3.05, 3.63) is 39.4 Å². The van der Waals surface area contributed by atoms with Crippen molar-refractivity contribution in [1.82, 2.24) is 9.62 Å². The lowest BCUT2D eigenvalue weighted by Gasteiger charge is -2.17. The van der Waals surface area contributed by atoms with Crippen LogP contribution in [0.2, 0.25) is 0 Å². The summed E-state index contributed by atoms with van der Waals surface area (Å²) >= 11 is 0. The molecule has 0 bridgehead atoms. The van der Waals surface area contributed by atoms with E-state index < -0.39 is 14.9 Å². The van der Waals surface area contributed by atoms with Crippen LogP contribution >= 0.6 is 0 Å². The zero-order valence-corrected chi connectivity index (χ0v) is 14.2. The molecule has 0 unspecified atom stereocenters. The molecular weight excluding hydrogens is 322 g/mol. The van der Waals surface area contributed by atoms with Gasteiger partial charge in [-0.2, -0.15) is 0 Å². The lowest BCUT2D eigenvalue weighted by atomic mass is 10.1.